The second-order valence-corrected chi connectivity index (χ2v) is 4.94. The first-order chi connectivity index (χ1) is 9.13. The fourth-order valence-corrected chi connectivity index (χ4v) is 2.57. The van der Waals surface area contributed by atoms with E-state index in [1.54, 1.807) is 4.90 Å². The first-order valence-corrected chi connectivity index (χ1v) is 6.73. The monoisotopic (exact) mass is 261 g/mol. The van der Waals surface area contributed by atoms with Crippen LogP contribution in [0, 0.1) is 5.92 Å². The van der Waals surface area contributed by atoms with E-state index in [0.29, 0.717) is 25.1 Å². The molecule has 0 saturated carbocycles. The van der Waals surface area contributed by atoms with Crippen LogP contribution in [-0.4, -0.2) is 35.0 Å². The maximum absolute atomic E-state index is 12.5. The summed E-state index contributed by atoms with van der Waals surface area (Å²) in [6.07, 6.45) is 2.23. The first-order valence-electron chi connectivity index (χ1n) is 6.73. The van der Waals surface area contributed by atoms with Crippen molar-refractivity contribution in [3.63, 3.8) is 0 Å². The summed E-state index contributed by atoms with van der Waals surface area (Å²) in [4.78, 5) is 25.2. The molecular formula is C15H19NO3. The molecule has 4 heteroatoms. The number of amides is 1. The van der Waals surface area contributed by atoms with Crippen molar-refractivity contribution in [3.8, 4) is 0 Å². The normalized spacial score (nSPS) is 19.2. The Morgan fingerprint density at radius 1 is 1.37 bits per heavy atom. The first kappa shape index (κ1) is 13.6. The van der Waals surface area contributed by atoms with Crippen LogP contribution in [0.15, 0.2) is 24.3 Å². The molecule has 1 unspecified atom stereocenters. The summed E-state index contributed by atoms with van der Waals surface area (Å²) >= 11 is 0. The molecule has 0 aliphatic carbocycles. The average Bonchev–Trinajstić information content (AvgIpc) is 2.46. The van der Waals surface area contributed by atoms with Crippen molar-refractivity contribution in [3.05, 3.63) is 35.4 Å². The van der Waals surface area contributed by atoms with E-state index in [-0.39, 0.29) is 5.91 Å². The molecule has 1 aliphatic heterocycles. The number of carboxylic acid groups (broad SMARTS) is 1. The van der Waals surface area contributed by atoms with Crippen molar-refractivity contribution in [1.29, 1.82) is 0 Å². The highest BCUT2D eigenvalue weighted by Gasteiger charge is 2.29. The number of aryl methyl sites for hydroxylation is 1. The lowest BCUT2D eigenvalue weighted by Crippen LogP contribution is -2.42. The molecule has 19 heavy (non-hydrogen) atoms. The van der Waals surface area contributed by atoms with Crippen LogP contribution in [-0.2, 0) is 11.2 Å². The highest BCUT2D eigenvalue weighted by Crippen LogP contribution is 2.20. The molecule has 1 amide bonds. The van der Waals surface area contributed by atoms with E-state index in [2.05, 4.69) is 0 Å². The Morgan fingerprint density at radius 2 is 2.11 bits per heavy atom. The van der Waals surface area contributed by atoms with Crippen molar-refractivity contribution < 1.29 is 14.7 Å². The van der Waals surface area contributed by atoms with Crippen LogP contribution in [0.25, 0.3) is 0 Å². The minimum absolute atomic E-state index is 0.0385. The lowest BCUT2D eigenvalue weighted by atomic mass is 9.96. The van der Waals surface area contributed by atoms with Gasteiger partial charge in [0.1, 0.15) is 0 Å². The van der Waals surface area contributed by atoms with Crippen molar-refractivity contribution in [2.75, 3.05) is 13.1 Å². The quantitative estimate of drug-likeness (QED) is 0.907. The minimum atomic E-state index is -0.804. The molecule has 1 N–H and O–H groups in total. The van der Waals surface area contributed by atoms with Crippen LogP contribution in [0.2, 0.25) is 0 Å². The van der Waals surface area contributed by atoms with E-state index in [4.69, 9.17) is 5.11 Å². The molecule has 2 rings (SSSR count). The smallest absolute Gasteiger partial charge is 0.308 e. The molecule has 1 fully saturated rings. The number of aliphatic carboxylic acids is 1. The summed E-state index contributed by atoms with van der Waals surface area (Å²) in [5.41, 5.74) is 1.72. The van der Waals surface area contributed by atoms with Gasteiger partial charge in [-0.2, -0.15) is 0 Å². The standard InChI is InChI=1S/C15H19NO3/c1-2-11-6-3-4-8-13(11)14(17)16-9-5-7-12(10-16)15(18)19/h3-4,6,8,12H,2,5,7,9-10H2,1H3,(H,18,19). The number of carboxylic acids is 1. The van der Waals surface area contributed by atoms with Crippen molar-refractivity contribution >= 4 is 11.9 Å². The van der Waals surface area contributed by atoms with Gasteiger partial charge in [-0.3, -0.25) is 9.59 Å². The summed E-state index contributed by atoms with van der Waals surface area (Å²) in [5, 5.41) is 9.07. The number of hydrogen-bond acceptors (Lipinski definition) is 2. The molecule has 0 spiro atoms. The lowest BCUT2D eigenvalue weighted by Gasteiger charge is -2.31. The molecule has 0 bridgehead atoms. The number of benzene rings is 1. The molecular weight excluding hydrogens is 242 g/mol. The van der Waals surface area contributed by atoms with Crippen LogP contribution in [0.3, 0.4) is 0 Å². The predicted molar refractivity (Wildman–Crippen MR) is 72.1 cm³/mol. The van der Waals surface area contributed by atoms with Crippen LogP contribution in [0.5, 0.6) is 0 Å². The number of carbonyl (C=O) groups is 2. The molecule has 1 atom stereocenters. The Balaban J connectivity index is 2.17. The second-order valence-electron chi connectivity index (χ2n) is 4.94. The number of carbonyl (C=O) groups excluding carboxylic acids is 1. The molecule has 102 valence electrons. The zero-order valence-corrected chi connectivity index (χ0v) is 11.1. The van der Waals surface area contributed by atoms with Crippen LogP contribution >= 0.6 is 0 Å². The molecule has 1 saturated heterocycles. The number of rotatable bonds is 3. The van der Waals surface area contributed by atoms with E-state index >= 15 is 0 Å². The lowest BCUT2D eigenvalue weighted by molar-refractivity contribution is -0.143. The maximum atomic E-state index is 12.5. The van der Waals surface area contributed by atoms with E-state index in [1.165, 1.54) is 0 Å². The highest BCUT2D eigenvalue weighted by atomic mass is 16.4. The molecule has 0 aromatic heterocycles. The Bertz CT molecular complexity index is 484. The third-order valence-electron chi connectivity index (χ3n) is 3.69. The maximum Gasteiger partial charge on any atom is 0.308 e. The Morgan fingerprint density at radius 3 is 2.79 bits per heavy atom. The average molecular weight is 261 g/mol. The van der Waals surface area contributed by atoms with Gasteiger partial charge in [0.15, 0.2) is 0 Å². The van der Waals surface area contributed by atoms with Crippen LogP contribution in [0.1, 0.15) is 35.7 Å². The molecule has 1 heterocycles. The molecule has 1 aromatic carbocycles. The van der Waals surface area contributed by atoms with E-state index in [0.717, 1.165) is 18.4 Å². The molecule has 0 radical (unpaired) electrons. The SMILES string of the molecule is CCc1ccccc1C(=O)N1CCCC(C(=O)O)C1. The zero-order chi connectivity index (χ0) is 13.8. The van der Waals surface area contributed by atoms with Crippen LogP contribution in [0.4, 0.5) is 0 Å². The van der Waals surface area contributed by atoms with Crippen molar-refractivity contribution in [2.45, 2.75) is 26.2 Å². The Kier molecular flexibility index (Phi) is 4.20. The van der Waals surface area contributed by atoms with Gasteiger partial charge in [0, 0.05) is 18.7 Å². The zero-order valence-electron chi connectivity index (χ0n) is 11.1. The molecule has 1 aromatic rings. The van der Waals surface area contributed by atoms with Gasteiger partial charge in [-0.1, -0.05) is 25.1 Å². The van der Waals surface area contributed by atoms with E-state index < -0.39 is 11.9 Å². The third kappa shape index (κ3) is 2.95. The van der Waals surface area contributed by atoms with Gasteiger partial charge >= 0.3 is 5.97 Å². The molecule has 1 aliphatic rings. The number of piperidine rings is 1. The predicted octanol–water partition coefficient (Wildman–Crippen LogP) is 2.19. The number of likely N-dealkylation sites (tertiary alicyclic amines) is 1. The summed E-state index contributed by atoms with van der Waals surface area (Å²) in [7, 11) is 0. The number of nitrogens with zero attached hydrogens (tertiary/aromatic N) is 1. The summed E-state index contributed by atoms with van der Waals surface area (Å²) in [5.74, 6) is -1.27. The van der Waals surface area contributed by atoms with E-state index in [1.807, 2.05) is 31.2 Å². The van der Waals surface area contributed by atoms with Gasteiger partial charge in [0.05, 0.1) is 5.92 Å². The largest absolute Gasteiger partial charge is 0.481 e. The summed E-state index contributed by atoms with van der Waals surface area (Å²) in [6, 6.07) is 7.55. The Hall–Kier alpha value is -1.84. The second kappa shape index (κ2) is 5.87. The topological polar surface area (TPSA) is 57.6 Å². The van der Waals surface area contributed by atoms with Gasteiger partial charge in [0.25, 0.3) is 5.91 Å². The Labute approximate surface area is 113 Å². The highest BCUT2D eigenvalue weighted by molar-refractivity contribution is 5.96. The van der Waals surface area contributed by atoms with Crippen LogP contribution < -0.4 is 0 Å². The fourth-order valence-electron chi connectivity index (χ4n) is 2.57. The molecule has 4 nitrogen and oxygen atoms in total. The fraction of sp³-hybridized carbons (Fsp3) is 0.467. The summed E-state index contributed by atoms with van der Waals surface area (Å²) < 4.78 is 0. The van der Waals surface area contributed by atoms with Gasteiger partial charge in [-0.15, -0.1) is 0 Å². The van der Waals surface area contributed by atoms with Crippen molar-refractivity contribution in [2.24, 2.45) is 5.92 Å². The van der Waals surface area contributed by atoms with Gasteiger partial charge in [-0.25, -0.2) is 0 Å². The summed E-state index contributed by atoms with van der Waals surface area (Å²) in [6.45, 7) is 3.00. The van der Waals surface area contributed by atoms with E-state index in [9.17, 15) is 9.59 Å². The minimum Gasteiger partial charge on any atom is -0.481 e. The van der Waals surface area contributed by atoms with Gasteiger partial charge < -0.3 is 10.0 Å². The van der Waals surface area contributed by atoms with Crippen molar-refractivity contribution in [1.82, 2.24) is 4.90 Å². The number of hydrogen-bond donors (Lipinski definition) is 1. The van der Waals surface area contributed by atoms with Gasteiger partial charge in [0.2, 0.25) is 0 Å². The third-order valence-corrected chi connectivity index (χ3v) is 3.69. The van der Waals surface area contributed by atoms with Gasteiger partial charge in [-0.05, 0) is 30.9 Å².